The Balaban J connectivity index is 0.000000234. The zero-order chi connectivity index (χ0) is 34.3. The molecule has 10 rings (SSSR count). The van der Waals surface area contributed by atoms with Crippen molar-refractivity contribution in [2.24, 2.45) is 0 Å². The molecule has 4 heteroatoms. The van der Waals surface area contributed by atoms with Gasteiger partial charge in [0, 0.05) is 48.8 Å². The predicted molar refractivity (Wildman–Crippen MR) is 212 cm³/mol. The van der Waals surface area contributed by atoms with Gasteiger partial charge in [0.15, 0.2) is 0 Å². The Kier molecular flexibility index (Phi) is 8.95. The first-order valence-corrected chi connectivity index (χ1v) is 17.2. The number of rotatable bonds is 4. The van der Waals surface area contributed by atoms with E-state index in [2.05, 4.69) is 150 Å². The number of hydrogen-bond acceptors (Lipinski definition) is 2. The molecule has 0 aliphatic rings. The van der Waals surface area contributed by atoms with Gasteiger partial charge >= 0.3 is 0 Å². The molecular formula is C48H33IrN3-2. The van der Waals surface area contributed by atoms with E-state index in [-0.39, 0.29) is 20.1 Å². The summed E-state index contributed by atoms with van der Waals surface area (Å²) in [6, 6.07) is 59.8. The van der Waals surface area contributed by atoms with Gasteiger partial charge in [0.25, 0.3) is 0 Å². The summed E-state index contributed by atoms with van der Waals surface area (Å²) in [5.74, 6) is 0. The fourth-order valence-corrected chi connectivity index (χ4v) is 7.17. The van der Waals surface area contributed by atoms with Crippen molar-refractivity contribution in [1.82, 2.24) is 14.4 Å². The van der Waals surface area contributed by atoms with Crippen LogP contribution >= 0.6 is 0 Å². The van der Waals surface area contributed by atoms with E-state index >= 15 is 0 Å². The predicted octanol–water partition coefficient (Wildman–Crippen LogP) is 12.2. The number of fused-ring (bicyclic) bond motifs is 6. The number of nitrogens with zero attached hydrogens (tertiary/aromatic N) is 3. The van der Waals surface area contributed by atoms with E-state index in [1.165, 1.54) is 65.9 Å². The van der Waals surface area contributed by atoms with E-state index in [4.69, 9.17) is 4.98 Å². The number of benzene rings is 6. The molecule has 0 aliphatic heterocycles. The zero-order valence-corrected chi connectivity index (χ0v) is 31.2. The molecule has 0 bridgehead atoms. The van der Waals surface area contributed by atoms with Crippen LogP contribution in [0.3, 0.4) is 0 Å². The Hall–Kier alpha value is -5.93. The normalized spacial score (nSPS) is 11.1. The van der Waals surface area contributed by atoms with Gasteiger partial charge in [-0.3, -0.25) is 0 Å². The molecule has 251 valence electrons. The first-order valence-electron chi connectivity index (χ1n) is 17.2. The molecule has 0 spiro atoms. The molecule has 0 saturated heterocycles. The fourth-order valence-electron chi connectivity index (χ4n) is 7.17. The summed E-state index contributed by atoms with van der Waals surface area (Å²) in [6.07, 6.45) is 3.85. The first-order chi connectivity index (χ1) is 25.1. The summed E-state index contributed by atoms with van der Waals surface area (Å²) in [4.78, 5) is 9.17. The van der Waals surface area contributed by atoms with E-state index in [0.717, 1.165) is 28.1 Å². The molecule has 52 heavy (non-hydrogen) atoms. The van der Waals surface area contributed by atoms with Gasteiger partial charge in [-0.25, -0.2) is 0 Å². The molecule has 0 fully saturated rings. The van der Waals surface area contributed by atoms with Crippen molar-refractivity contribution in [1.29, 1.82) is 0 Å². The molecule has 0 atom stereocenters. The maximum atomic E-state index is 4.85. The third-order valence-electron chi connectivity index (χ3n) is 9.73. The zero-order valence-electron chi connectivity index (χ0n) is 28.8. The molecule has 1 radical (unpaired) electrons. The molecule has 0 saturated carbocycles. The maximum Gasteiger partial charge on any atom is 0.0517 e. The van der Waals surface area contributed by atoms with Crippen molar-refractivity contribution in [3.8, 4) is 44.8 Å². The average Bonchev–Trinajstić information content (AvgIpc) is 3.71. The standard InChI is InChI=1S/C36H23N2.C12H10N.Ir/c1-23-9-5-6-12-28(23)26-15-17-33(37-22-26)25-16-18-35-30(19-25)32-21-27(24-10-3-2-4-11-24)20-31-29-13-7-8-14-34(29)38(35)36(31)32;1-10-7-8-12(13-9-10)11-5-3-2-4-6-11;/h2-15,17-22H,1H3;2-5,7-9H,1H3;/q2*-1;. The fraction of sp³-hybridized carbons (Fsp3) is 0.0417. The second kappa shape index (κ2) is 14.0. The average molecular weight is 844 g/mol. The van der Waals surface area contributed by atoms with Crippen molar-refractivity contribution in [3.63, 3.8) is 0 Å². The van der Waals surface area contributed by atoms with Gasteiger partial charge in [-0.15, -0.1) is 59.7 Å². The molecule has 10 aromatic rings. The van der Waals surface area contributed by atoms with Crippen LogP contribution in [0.2, 0.25) is 0 Å². The van der Waals surface area contributed by atoms with E-state index in [0.29, 0.717) is 0 Å². The molecule has 0 unspecified atom stereocenters. The molecule has 0 amide bonds. The summed E-state index contributed by atoms with van der Waals surface area (Å²) in [7, 11) is 0. The van der Waals surface area contributed by atoms with Crippen molar-refractivity contribution < 1.29 is 20.1 Å². The number of aromatic nitrogens is 3. The van der Waals surface area contributed by atoms with Gasteiger partial charge in [0.2, 0.25) is 0 Å². The molecule has 4 aromatic heterocycles. The maximum absolute atomic E-state index is 4.85. The molecule has 0 aliphatic carbocycles. The Morgan fingerprint density at radius 3 is 1.96 bits per heavy atom. The van der Waals surface area contributed by atoms with Crippen molar-refractivity contribution in [2.45, 2.75) is 13.8 Å². The second-order valence-electron chi connectivity index (χ2n) is 13.0. The number of pyridine rings is 2. The van der Waals surface area contributed by atoms with Gasteiger partial charge in [-0.05, 0) is 87.7 Å². The topological polar surface area (TPSA) is 30.2 Å². The summed E-state index contributed by atoms with van der Waals surface area (Å²) in [5.41, 5.74) is 14.9. The van der Waals surface area contributed by atoms with Crippen LogP contribution in [0.4, 0.5) is 0 Å². The SMILES string of the molecule is Cc1ccc(-c2[c-]cccc2)nc1.Cc1ccccc1-c1ccc(-c2[c-]cc3c(c2)c2cc(-c4ccccc4)cc4c5ccccc5n3c24)nc1.[Ir]. The second-order valence-corrected chi connectivity index (χ2v) is 13.0. The summed E-state index contributed by atoms with van der Waals surface area (Å²) in [5, 5.41) is 5.06. The van der Waals surface area contributed by atoms with Crippen LogP contribution in [-0.2, 0) is 20.1 Å². The Morgan fingerprint density at radius 2 is 1.21 bits per heavy atom. The van der Waals surface area contributed by atoms with Crippen molar-refractivity contribution in [3.05, 3.63) is 187 Å². The number of hydrogen-bond donors (Lipinski definition) is 0. The van der Waals surface area contributed by atoms with Gasteiger partial charge in [0.1, 0.15) is 0 Å². The largest absolute Gasteiger partial charge is 0.350 e. The van der Waals surface area contributed by atoms with Crippen LogP contribution in [-0.4, -0.2) is 14.4 Å². The van der Waals surface area contributed by atoms with Crippen LogP contribution in [0.15, 0.2) is 164 Å². The van der Waals surface area contributed by atoms with Gasteiger partial charge < -0.3 is 14.4 Å². The first kappa shape index (κ1) is 33.2. The van der Waals surface area contributed by atoms with Crippen LogP contribution in [0.1, 0.15) is 11.1 Å². The van der Waals surface area contributed by atoms with Crippen molar-refractivity contribution in [2.75, 3.05) is 0 Å². The minimum Gasteiger partial charge on any atom is -0.350 e. The van der Waals surface area contributed by atoms with Gasteiger partial charge in [-0.1, -0.05) is 102 Å². The van der Waals surface area contributed by atoms with Crippen LogP contribution in [0.25, 0.3) is 82.9 Å². The van der Waals surface area contributed by atoms with E-state index in [1.807, 2.05) is 49.6 Å². The number of para-hydroxylation sites is 1. The van der Waals surface area contributed by atoms with Gasteiger partial charge in [0.05, 0.1) is 5.52 Å². The molecule has 0 N–H and O–H groups in total. The van der Waals surface area contributed by atoms with Crippen LogP contribution in [0, 0.1) is 26.0 Å². The quantitative estimate of drug-likeness (QED) is 0.165. The molecule has 6 aromatic carbocycles. The third-order valence-corrected chi connectivity index (χ3v) is 9.73. The molecular weight excluding hydrogens is 811 g/mol. The van der Waals surface area contributed by atoms with Gasteiger partial charge in [-0.2, -0.15) is 0 Å². The van der Waals surface area contributed by atoms with Crippen molar-refractivity contribution >= 4 is 38.1 Å². The van der Waals surface area contributed by atoms with Crippen LogP contribution < -0.4 is 0 Å². The molecule has 3 nitrogen and oxygen atoms in total. The third kappa shape index (κ3) is 5.96. The number of aryl methyl sites for hydroxylation is 2. The van der Waals surface area contributed by atoms with E-state index in [9.17, 15) is 0 Å². The minimum absolute atomic E-state index is 0. The van der Waals surface area contributed by atoms with E-state index in [1.54, 1.807) is 0 Å². The Bertz CT molecular complexity index is 2790. The summed E-state index contributed by atoms with van der Waals surface area (Å²) < 4.78 is 2.40. The smallest absolute Gasteiger partial charge is 0.0517 e. The monoisotopic (exact) mass is 844 g/mol. The Morgan fingerprint density at radius 1 is 0.500 bits per heavy atom. The Labute approximate surface area is 317 Å². The van der Waals surface area contributed by atoms with E-state index < -0.39 is 0 Å². The molecule has 4 heterocycles. The minimum atomic E-state index is 0. The summed E-state index contributed by atoms with van der Waals surface area (Å²) >= 11 is 0. The van der Waals surface area contributed by atoms with Crippen LogP contribution in [0.5, 0.6) is 0 Å². The summed E-state index contributed by atoms with van der Waals surface area (Å²) in [6.45, 7) is 4.17.